The summed E-state index contributed by atoms with van der Waals surface area (Å²) in [7, 11) is -3.72. The number of carboxylic acid groups (broad SMARTS) is 1. The van der Waals surface area contributed by atoms with Crippen LogP contribution in [0.15, 0.2) is 30.3 Å². The van der Waals surface area contributed by atoms with Crippen LogP contribution in [0.25, 0.3) is 0 Å². The summed E-state index contributed by atoms with van der Waals surface area (Å²) >= 11 is 0. The van der Waals surface area contributed by atoms with Crippen molar-refractivity contribution in [3.8, 4) is 5.75 Å². The van der Waals surface area contributed by atoms with Gasteiger partial charge in [0.2, 0.25) is 0 Å². The van der Waals surface area contributed by atoms with Crippen molar-refractivity contribution in [1.82, 2.24) is 0 Å². The van der Waals surface area contributed by atoms with Gasteiger partial charge in [0, 0.05) is 0 Å². The van der Waals surface area contributed by atoms with E-state index in [0.29, 0.717) is 5.75 Å². The maximum Gasteiger partial charge on any atom is 0.322 e. The lowest BCUT2D eigenvalue weighted by Gasteiger charge is -2.16. The second kappa shape index (κ2) is 6.56. The lowest BCUT2D eigenvalue weighted by Crippen LogP contribution is -2.37. The number of ether oxygens (including phenoxy) is 1. The number of benzene rings is 1. The van der Waals surface area contributed by atoms with Gasteiger partial charge >= 0.3 is 5.97 Å². The van der Waals surface area contributed by atoms with Crippen LogP contribution in [0.5, 0.6) is 5.75 Å². The minimum atomic E-state index is -3.72. The highest BCUT2D eigenvalue weighted by Crippen LogP contribution is 2.15. The molecule has 1 aromatic rings. The molecule has 0 aliphatic rings. The number of hydrogen-bond donors (Lipinski definition) is 1. The van der Waals surface area contributed by atoms with Crippen LogP contribution in [0.1, 0.15) is 13.8 Å². The van der Waals surface area contributed by atoms with Gasteiger partial charge in [-0.2, -0.15) is 0 Å². The number of sulfone groups is 1. The molecule has 1 unspecified atom stereocenters. The summed E-state index contributed by atoms with van der Waals surface area (Å²) in [6, 6.07) is 8.80. The van der Waals surface area contributed by atoms with E-state index >= 15 is 0 Å². The first-order valence-electron chi connectivity index (χ1n) is 5.97. The molecule has 0 fully saturated rings. The van der Waals surface area contributed by atoms with Crippen LogP contribution in [0.2, 0.25) is 0 Å². The van der Waals surface area contributed by atoms with Crippen molar-refractivity contribution in [2.45, 2.75) is 19.1 Å². The molecule has 6 heteroatoms. The van der Waals surface area contributed by atoms with Gasteiger partial charge in [0.15, 0.2) is 15.1 Å². The summed E-state index contributed by atoms with van der Waals surface area (Å²) < 4.78 is 29.2. The monoisotopic (exact) mass is 286 g/mol. The first kappa shape index (κ1) is 15.5. The zero-order valence-electron chi connectivity index (χ0n) is 10.9. The fraction of sp³-hybridized carbons (Fsp3) is 0.462. The molecule has 0 saturated heterocycles. The summed E-state index contributed by atoms with van der Waals surface area (Å²) in [5.41, 5.74) is 0. The number of carboxylic acids is 1. The van der Waals surface area contributed by atoms with E-state index < -0.39 is 27.0 Å². The van der Waals surface area contributed by atoms with Gasteiger partial charge in [-0.1, -0.05) is 32.0 Å². The van der Waals surface area contributed by atoms with Gasteiger partial charge in [-0.15, -0.1) is 0 Å². The van der Waals surface area contributed by atoms with E-state index in [2.05, 4.69) is 0 Å². The molecule has 1 rings (SSSR count). The largest absolute Gasteiger partial charge is 0.493 e. The third-order valence-electron chi connectivity index (χ3n) is 2.62. The predicted octanol–water partition coefficient (Wildman–Crippen LogP) is 1.59. The van der Waals surface area contributed by atoms with E-state index in [1.807, 2.05) is 6.07 Å². The lowest BCUT2D eigenvalue weighted by atomic mass is 10.1. The Morgan fingerprint density at radius 1 is 1.26 bits per heavy atom. The van der Waals surface area contributed by atoms with Crippen LogP contribution >= 0.6 is 0 Å². The van der Waals surface area contributed by atoms with Crippen molar-refractivity contribution in [2.75, 3.05) is 12.4 Å². The van der Waals surface area contributed by atoms with Gasteiger partial charge in [-0.3, -0.25) is 4.79 Å². The van der Waals surface area contributed by atoms with Crippen LogP contribution < -0.4 is 4.74 Å². The number of hydrogen-bond acceptors (Lipinski definition) is 4. The Labute approximate surface area is 113 Å². The van der Waals surface area contributed by atoms with Gasteiger partial charge in [-0.05, 0) is 18.1 Å². The van der Waals surface area contributed by atoms with E-state index in [9.17, 15) is 13.2 Å². The van der Waals surface area contributed by atoms with E-state index in [1.165, 1.54) is 0 Å². The van der Waals surface area contributed by atoms with Crippen molar-refractivity contribution in [1.29, 1.82) is 0 Å². The Hall–Kier alpha value is -1.56. The minimum absolute atomic E-state index is 0.0527. The normalized spacial score (nSPS) is 13.2. The smallest absolute Gasteiger partial charge is 0.322 e. The molecule has 1 N–H and O–H groups in total. The highest BCUT2D eigenvalue weighted by molar-refractivity contribution is 7.92. The molecule has 0 aromatic heterocycles. The Morgan fingerprint density at radius 2 is 1.84 bits per heavy atom. The molecule has 19 heavy (non-hydrogen) atoms. The molecule has 1 atom stereocenters. The maximum atomic E-state index is 11.9. The molecule has 0 aliphatic carbocycles. The Bertz CT molecular complexity index is 507. The van der Waals surface area contributed by atoms with Crippen LogP contribution in [0.4, 0.5) is 0 Å². The average molecular weight is 286 g/mol. The van der Waals surface area contributed by atoms with Gasteiger partial charge in [0.25, 0.3) is 0 Å². The molecule has 0 radical (unpaired) electrons. The van der Waals surface area contributed by atoms with Gasteiger partial charge in [0.05, 0.1) is 5.75 Å². The predicted molar refractivity (Wildman–Crippen MR) is 72.0 cm³/mol. The number of rotatable bonds is 7. The highest BCUT2D eigenvalue weighted by Gasteiger charge is 2.34. The zero-order valence-corrected chi connectivity index (χ0v) is 11.8. The van der Waals surface area contributed by atoms with Crippen molar-refractivity contribution >= 4 is 15.8 Å². The summed E-state index contributed by atoms with van der Waals surface area (Å²) in [6.45, 7) is 3.10. The molecule has 5 nitrogen and oxygen atoms in total. The third kappa shape index (κ3) is 4.55. The molecule has 106 valence electrons. The number of para-hydroxylation sites is 1. The van der Waals surface area contributed by atoms with E-state index in [-0.39, 0.29) is 12.4 Å². The van der Waals surface area contributed by atoms with E-state index in [0.717, 1.165) is 0 Å². The van der Waals surface area contributed by atoms with Crippen molar-refractivity contribution in [3.63, 3.8) is 0 Å². The first-order chi connectivity index (χ1) is 8.84. The number of aliphatic carboxylic acids is 1. The molecule has 0 bridgehead atoms. The van der Waals surface area contributed by atoms with Gasteiger partial charge in [-0.25, -0.2) is 8.42 Å². The van der Waals surface area contributed by atoms with Gasteiger partial charge < -0.3 is 9.84 Å². The first-order valence-corrected chi connectivity index (χ1v) is 7.68. The standard InChI is InChI=1S/C13H18O5S/c1-10(2)12(13(14)15)19(16,17)9-8-18-11-6-4-3-5-7-11/h3-7,10,12H,8-9H2,1-2H3,(H,14,15). The van der Waals surface area contributed by atoms with E-state index in [4.69, 9.17) is 9.84 Å². The van der Waals surface area contributed by atoms with Crippen LogP contribution in [0, 0.1) is 5.92 Å². The average Bonchev–Trinajstić information content (AvgIpc) is 2.28. The van der Waals surface area contributed by atoms with Crippen molar-refractivity contribution < 1.29 is 23.1 Å². The highest BCUT2D eigenvalue weighted by atomic mass is 32.2. The molecular weight excluding hydrogens is 268 g/mol. The van der Waals surface area contributed by atoms with Crippen LogP contribution in [0.3, 0.4) is 0 Å². The molecular formula is C13H18O5S. The summed E-state index contributed by atoms with van der Waals surface area (Å²) in [4.78, 5) is 11.0. The molecule has 0 aliphatic heterocycles. The number of carbonyl (C=O) groups is 1. The lowest BCUT2D eigenvalue weighted by molar-refractivity contribution is -0.137. The Kier molecular flexibility index (Phi) is 5.35. The maximum absolute atomic E-state index is 11.9. The zero-order chi connectivity index (χ0) is 14.5. The topological polar surface area (TPSA) is 80.7 Å². The fourth-order valence-corrected chi connectivity index (χ4v) is 3.48. The fourth-order valence-electron chi connectivity index (χ4n) is 1.77. The summed E-state index contributed by atoms with van der Waals surface area (Å²) in [5.74, 6) is -1.53. The van der Waals surface area contributed by atoms with Crippen molar-refractivity contribution in [2.24, 2.45) is 5.92 Å². The molecule has 0 saturated carbocycles. The summed E-state index contributed by atoms with van der Waals surface area (Å²) in [5, 5.41) is 7.59. The minimum Gasteiger partial charge on any atom is -0.493 e. The molecule has 1 aromatic carbocycles. The summed E-state index contributed by atoms with van der Waals surface area (Å²) in [6.07, 6.45) is 0. The quantitative estimate of drug-likeness (QED) is 0.823. The second-order valence-corrected chi connectivity index (χ2v) is 6.77. The van der Waals surface area contributed by atoms with E-state index in [1.54, 1.807) is 38.1 Å². The molecule has 0 heterocycles. The Morgan fingerprint density at radius 3 is 2.32 bits per heavy atom. The SMILES string of the molecule is CC(C)C(C(=O)O)S(=O)(=O)CCOc1ccccc1. The van der Waals surface area contributed by atoms with Crippen LogP contribution in [-0.2, 0) is 14.6 Å². The van der Waals surface area contributed by atoms with Crippen LogP contribution in [-0.4, -0.2) is 37.1 Å². The third-order valence-corrected chi connectivity index (χ3v) is 4.87. The molecule has 0 amide bonds. The van der Waals surface area contributed by atoms with Crippen molar-refractivity contribution in [3.05, 3.63) is 30.3 Å². The Balaban J connectivity index is 2.62. The molecule has 0 spiro atoms. The van der Waals surface area contributed by atoms with Gasteiger partial charge in [0.1, 0.15) is 12.4 Å². The second-order valence-electron chi connectivity index (χ2n) is 4.53.